The molecule has 0 aromatic rings. The Bertz CT molecular complexity index is 654. The van der Waals surface area contributed by atoms with Crippen molar-refractivity contribution in [1.82, 2.24) is 0 Å². The molecule has 0 aliphatic heterocycles. The molecule has 0 spiro atoms. The Balaban J connectivity index is 1.52. The molecular formula is C25H41F3O3. The van der Waals surface area contributed by atoms with E-state index in [4.69, 9.17) is 4.74 Å². The molecule has 0 aromatic carbocycles. The van der Waals surface area contributed by atoms with Gasteiger partial charge in [0.05, 0.1) is 12.7 Å². The van der Waals surface area contributed by atoms with E-state index in [1.54, 1.807) is 7.11 Å². The van der Waals surface area contributed by atoms with Crippen LogP contribution >= 0.6 is 0 Å². The van der Waals surface area contributed by atoms with Crippen LogP contribution in [0.1, 0.15) is 72.1 Å². The minimum atomic E-state index is -4.52. The van der Waals surface area contributed by atoms with E-state index in [1.807, 2.05) is 0 Å². The summed E-state index contributed by atoms with van der Waals surface area (Å²) in [6.07, 6.45) is 0.398. The van der Waals surface area contributed by atoms with Gasteiger partial charge in [-0.3, -0.25) is 0 Å². The fraction of sp³-hybridized carbons (Fsp3) is 1.00. The highest BCUT2D eigenvalue weighted by Gasteiger charge is 2.63. The average Bonchev–Trinajstić information content (AvgIpc) is 2.97. The lowest BCUT2D eigenvalue weighted by Crippen LogP contribution is -2.55. The third kappa shape index (κ3) is 3.77. The summed E-state index contributed by atoms with van der Waals surface area (Å²) >= 11 is 0. The maximum atomic E-state index is 13.5. The second-order valence-corrected chi connectivity index (χ2v) is 11.9. The Labute approximate surface area is 185 Å². The molecule has 2 N–H and O–H groups in total. The Morgan fingerprint density at radius 1 is 1.06 bits per heavy atom. The van der Waals surface area contributed by atoms with E-state index in [-0.39, 0.29) is 30.1 Å². The van der Waals surface area contributed by atoms with Gasteiger partial charge in [-0.1, -0.05) is 20.8 Å². The summed E-state index contributed by atoms with van der Waals surface area (Å²) < 4.78 is 45.6. The van der Waals surface area contributed by atoms with Crippen LogP contribution in [-0.2, 0) is 4.74 Å². The van der Waals surface area contributed by atoms with Crippen molar-refractivity contribution in [1.29, 1.82) is 0 Å². The van der Waals surface area contributed by atoms with Gasteiger partial charge in [0.15, 0.2) is 5.60 Å². The van der Waals surface area contributed by atoms with E-state index in [1.165, 1.54) is 0 Å². The van der Waals surface area contributed by atoms with Crippen molar-refractivity contribution in [3.8, 4) is 0 Å². The molecule has 0 amide bonds. The van der Waals surface area contributed by atoms with Crippen LogP contribution in [-0.4, -0.2) is 41.8 Å². The summed E-state index contributed by atoms with van der Waals surface area (Å²) in [6, 6.07) is 0. The van der Waals surface area contributed by atoms with Gasteiger partial charge < -0.3 is 14.9 Å². The highest BCUT2D eigenvalue weighted by Crippen LogP contribution is 2.67. The van der Waals surface area contributed by atoms with Crippen molar-refractivity contribution < 1.29 is 28.1 Å². The Hall–Kier alpha value is -0.330. The van der Waals surface area contributed by atoms with E-state index in [2.05, 4.69) is 20.8 Å². The topological polar surface area (TPSA) is 49.7 Å². The fourth-order valence-corrected chi connectivity index (χ4v) is 9.14. The van der Waals surface area contributed by atoms with Crippen LogP contribution in [0.3, 0.4) is 0 Å². The molecule has 3 nitrogen and oxygen atoms in total. The van der Waals surface area contributed by atoms with Crippen LogP contribution in [0.15, 0.2) is 0 Å². The van der Waals surface area contributed by atoms with Crippen molar-refractivity contribution in [2.75, 3.05) is 13.7 Å². The second kappa shape index (κ2) is 8.16. The maximum absolute atomic E-state index is 13.5. The molecule has 0 saturated heterocycles. The van der Waals surface area contributed by atoms with E-state index < -0.39 is 17.9 Å². The van der Waals surface area contributed by atoms with Gasteiger partial charge in [0.1, 0.15) is 0 Å². The molecule has 180 valence electrons. The molecule has 4 saturated carbocycles. The number of halogens is 3. The van der Waals surface area contributed by atoms with Gasteiger partial charge in [-0.25, -0.2) is 0 Å². The molecule has 4 aliphatic rings. The lowest BCUT2D eigenvalue weighted by atomic mass is 9.47. The number of ether oxygens (including phenoxy) is 1. The van der Waals surface area contributed by atoms with Crippen molar-refractivity contribution in [2.24, 2.45) is 52.8 Å². The first-order valence-electron chi connectivity index (χ1n) is 12.4. The third-order valence-corrected chi connectivity index (χ3v) is 10.5. The van der Waals surface area contributed by atoms with Crippen LogP contribution in [0.25, 0.3) is 0 Å². The summed E-state index contributed by atoms with van der Waals surface area (Å²) in [7, 11) is 1.63. The molecular weight excluding hydrogens is 405 g/mol. The number of methoxy groups -OCH3 is 1. The first-order chi connectivity index (χ1) is 14.4. The van der Waals surface area contributed by atoms with Crippen LogP contribution in [0, 0.1) is 52.8 Å². The zero-order chi connectivity index (χ0) is 22.8. The van der Waals surface area contributed by atoms with Gasteiger partial charge in [0.2, 0.25) is 0 Å². The summed E-state index contributed by atoms with van der Waals surface area (Å²) in [5.41, 5.74) is -2.30. The monoisotopic (exact) mass is 446 g/mol. The number of rotatable bonds is 4. The molecule has 11 atom stereocenters. The molecule has 4 aliphatic carbocycles. The van der Waals surface area contributed by atoms with Gasteiger partial charge in [-0.15, -0.1) is 0 Å². The fourth-order valence-electron chi connectivity index (χ4n) is 9.14. The first-order valence-corrected chi connectivity index (χ1v) is 12.4. The second-order valence-electron chi connectivity index (χ2n) is 11.9. The lowest BCUT2D eigenvalue weighted by molar-refractivity contribution is -0.282. The van der Waals surface area contributed by atoms with Gasteiger partial charge in [0, 0.05) is 7.11 Å². The smallest absolute Gasteiger partial charge is 0.390 e. The van der Waals surface area contributed by atoms with Crippen molar-refractivity contribution in [3.63, 3.8) is 0 Å². The quantitative estimate of drug-likeness (QED) is 0.605. The zero-order valence-electron chi connectivity index (χ0n) is 19.5. The van der Waals surface area contributed by atoms with E-state index >= 15 is 0 Å². The van der Waals surface area contributed by atoms with Gasteiger partial charge in [-0.05, 0) is 104 Å². The van der Waals surface area contributed by atoms with Gasteiger partial charge >= 0.3 is 6.18 Å². The Kier molecular flexibility index (Phi) is 6.27. The standard InChI is InChI=1S/C25H41F3O3/c1-14-11-20(15(2)21(29)13-31-4)23(3)9-7-18-17-8-10-24(30,25(26,27)28)12-16(17)5-6-19(18)22(14)23/h14-22,29-30H,5-13H2,1-4H3/t14-,15+,16+,17-,18+,19+,20+,21+,22-,23-,24+/m0/s1. The predicted molar refractivity (Wildman–Crippen MR) is 113 cm³/mol. The van der Waals surface area contributed by atoms with Crippen molar-refractivity contribution in [3.05, 3.63) is 0 Å². The summed E-state index contributed by atoms with van der Waals surface area (Å²) in [5, 5.41) is 20.9. The Morgan fingerprint density at radius 3 is 2.39 bits per heavy atom. The number of aliphatic hydroxyl groups excluding tert-OH is 1. The lowest BCUT2D eigenvalue weighted by Gasteiger charge is -2.58. The number of alkyl halides is 3. The van der Waals surface area contributed by atoms with E-state index in [9.17, 15) is 23.4 Å². The molecule has 6 heteroatoms. The predicted octanol–water partition coefficient (Wildman–Crippen LogP) is 5.44. The zero-order valence-corrected chi connectivity index (χ0v) is 19.5. The molecule has 31 heavy (non-hydrogen) atoms. The number of aliphatic hydroxyl groups is 2. The molecule has 4 fully saturated rings. The summed E-state index contributed by atoms with van der Waals surface area (Å²) in [4.78, 5) is 0. The minimum Gasteiger partial charge on any atom is -0.390 e. The summed E-state index contributed by atoms with van der Waals surface area (Å²) in [6.45, 7) is 7.31. The third-order valence-electron chi connectivity index (χ3n) is 10.5. The minimum absolute atomic E-state index is 0.000867. The molecule has 0 aromatic heterocycles. The first kappa shape index (κ1) is 23.8. The molecule has 0 heterocycles. The summed E-state index contributed by atoms with van der Waals surface area (Å²) in [5.74, 6) is 3.19. The van der Waals surface area contributed by atoms with E-state index in [0.29, 0.717) is 48.5 Å². The SMILES string of the molecule is COC[C@@H](O)[C@H](C)[C@H]1C[C@H](C)[C@H]2[C@@H]3CC[C@@H]4C[C@@](O)(C(F)(F)F)CC[C@@H]4[C@H]3CC[C@]21C. The van der Waals surface area contributed by atoms with Gasteiger partial charge in [0.25, 0.3) is 0 Å². The van der Waals surface area contributed by atoms with E-state index in [0.717, 1.165) is 32.1 Å². The molecule has 4 rings (SSSR count). The average molecular weight is 447 g/mol. The highest BCUT2D eigenvalue weighted by molar-refractivity contribution is 5.10. The largest absolute Gasteiger partial charge is 0.417 e. The Morgan fingerprint density at radius 2 is 1.74 bits per heavy atom. The number of fused-ring (bicyclic) bond motifs is 5. The van der Waals surface area contributed by atoms with Crippen molar-refractivity contribution in [2.45, 2.75) is 90.0 Å². The normalized spacial score (nSPS) is 49.6. The molecule has 0 bridgehead atoms. The molecule has 0 unspecified atom stereocenters. The maximum Gasteiger partial charge on any atom is 0.417 e. The molecule has 0 radical (unpaired) electrons. The van der Waals surface area contributed by atoms with Crippen LogP contribution in [0.2, 0.25) is 0 Å². The number of hydrogen-bond acceptors (Lipinski definition) is 3. The highest BCUT2D eigenvalue weighted by atomic mass is 19.4. The van der Waals surface area contributed by atoms with Crippen LogP contribution < -0.4 is 0 Å². The van der Waals surface area contributed by atoms with Crippen LogP contribution in [0.5, 0.6) is 0 Å². The van der Waals surface area contributed by atoms with Crippen LogP contribution in [0.4, 0.5) is 13.2 Å². The van der Waals surface area contributed by atoms with Gasteiger partial charge in [-0.2, -0.15) is 13.2 Å². The number of hydrogen-bond donors (Lipinski definition) is 2. The van der Waals surface area contributed by atoms with Crippen molar-refractivity contribution >= 4 is 0 Å².